The van der Waals surface area contributed by atoms with E-state index in [-0.39, 0.29) is 0 Å². The third-order valence-electron chi connectivity index (χ3n) is 4.92. The molecule has 8 heteroatoms. The number of benzene rings is 1. The summed E-state index contributed by atoms with van der Waals surface area (Å²) >= 11 is 0. The molecule has 0 atom stereocenters. The van der Waals surface area contributed by atoms with E-state index >= 15 is 0 Å². The summed E-state index contributed by atoms with van der Waals surface area (Å²) in [5.41, 5.74) is 15.7. The Morgan fingerprint density at radius 2 is 1.23 bits per heavy atom. The van der Waals surface area contributed by atoms with Crippen LogP contribution in [0.15, 0.2) is 42.7 Å². The van der Waals surface area contributed by atoms with E-state index in [4.69, 9.17) is 20.9 Å². The van der Waals surface area contributed by atoms with Gasteiger partial charge < -0.3 is 20.9 Å². The zero-order chi connectivity index (χ0) is 22.5. The molecule has 0 radical (unpaired) electrons. The van der Waals surface area contributed by atoms with Crippen LogP contribution >= 0.6 is 0 Å². The minimum absolute atomic E-state index is 0.314. The lowest BCUT2D eigenvalue weighted by Gasteiger charge is -2.14. The molecule has 2 amide bonds. The number of pyridine rings is 2. The third-order valence-corrected chi connectivity index (χ3v) is 4.92. The van der Waals surface area contributed by atoms with Crippen LogP contribution in [0.2, 0.25) is 0 Å². The molecule has 160 valence electrons. The molecule has 0 spiro atoms. The van der Waals surface area contributed by atoms with Crippen molar-refractivity contribution in [1.82, 2.24) is 9.97 Å². The summed E-state index contributed by atoms with van der Waals surface area (Å²) in [5, 5.41) is 0. The number of nitrogens with zero attached hydrogens (tertiary/aromatic N) is 2. The number of rotatable bonds is 8. The van der Waals surface area contributed by atoms with Gasteiger partial charge in [0.25, 0.3) is 0 Å². The lowest BCUT2D eigenvalue weighted by Crippen LogP contribution is -2.12. The highest BCUT2D eigenvalue weighted by atomic mass is 16.5. The second-order valence-corrected chi connectivity index (χ2v) is 7.20. The summed E-state index contributed by atoms with van der Waals surface area (Å²) in [6, 6.07) is 9.17. The van der Waals surface area contributed by atoms with Crippen LogP contribution in [0, 0.1) is 20.8 Å². The Morgan fingerprint density at radius 3 is 1.58 bits per heavy atom. The van der Waals surface area contributed by atoms with Gasteiger partial charge in [0, 0.05) is 23.5 Å². The number of ether oxygens (including phenoxy) is 2. The van der Waals surface area contributed by atoms with Crippen LogP contribution in [0.4, 0.5) is 0 Å². The van der Waals surface area contributed by atoms with Gasteiger partial charge in [0.15, 0.2) is 0 Å². The summed E-state index contributed by atoms with van der Waals surface area (Å²) in [6.07, 6.45) is 2.81. The fourth-order valence-corrected chi connectivity index (χ4v) is 3.04. The molecule has 2 aromatic heterocycles. The molecule has 0 aliphatic carbocycles. The normalized spacial score (nSPS) is 10.5. The van der Waals surface area contributed by atoms with E-state index in [1.807, 2.05) is 39.0 Å². The Hall–Kier alpha value is -3.94. The molecule has 31 heavy (non-hydrogen) atoms. The van der Waals surface area contributed by atoms with Crippen LogP contribution in [0.5, 0.6) is 11.8 Å². The average molecular weight is 420 g/mol. The molecule has 3 aromatic rings. The Morgan fingerprint density at radius 1 is 0.806 bits per heavy atom. The molecule has 0 unspecified atom stereocenters. The van der Waals surface area contributed by atoms with E-state index in [1.165, 1.54) is 12.4 Å². The maximum atomic E-state index is 11.3. The van der Waals surface area contributed by atoms with Crippen molar-refractivity contribution in [3.8, 4) is 11.8 Å². The number of aryl methyl sites for hydroxylation is 2. The van der Waals surface area contributed by atoms with E-state index in [2.05, 4.69) is 9.97 Å². The van der Waals surface area contributed by atoms with Gasteiger partial charge in [0.2, 0.25) is 23.6 Å². The largest absolute Gasteiger partial charge is 0.473 e. The number of nitrogens with two attached hydrogens (primary N) is 2. The minimum atomic E-state index is -0.528. The molecule has 0 aliphatic heterocycles. The van der Waals surface area contributed by atoms with Crippen LogP contribution in [-0.2, 0) is 13.2 Å². The van der Waals surface area contributed by atoms with Gasteiger partial charge in [0.1, 0.15) is 13.2 Å². The molecule has 0 saturated carbocycles. The molecule has 0 bridgehead atoms. The highest BCUT2D eigenvalue weighted by molar-refractivity contribution is 5.93. The van der Waals surface area contributed by atoms with Gasteiger partial charge >= 0.3 is 0 Å². The molecule has 0 saturated heterocycles. The predicted octanol–water partition coefficient (Wildman–Crippen LogP) is 2.76. The topological polar surface area (TPSA) is 130 Å². The summed E-state index contributed by atoms with van der Waals surface area (Å²) in [5.74, 6) is -0.166. The Bertz CT molecular complexity index is 1060. The summed E-state index contributed by atoms with van der Waals surface area (Å²) in [6.45, 7) is 6.24. The first kappa shape index (κ1) is 21.8. The molecular formula is C23H24N4O4. The van der Waals surface area contributed by atoms with Crippen LogP contribution < -0.4 is 20.9 Å². The number of hydrogen-bond donors (Lipinski definition) is 2. The smallest absolute Gasteiger partial charge is 0.250 e. The van der Waals surface area contributed by atoms with Gasteiger partial charge in [-0.3, -0.25) is 9.59 Å². The van der Waals surface area contributed by atoms with Gasteiger partial charge in [0.05, 0.1) is 11.1 Å². The van der Waals surface area contributed by atoms with E-state index < -0.39 is 11.8 Å². The van der Waals surface area contributed by atoms with E-state index in [1.54, 1.807) is 12.1 Å². The highest BCUT2D eigenvalue weighted by Gasteiger charge is 2.11. The zero-order valence-corrected chi connectivity index (χ0v) is 17.6. The summed E-state index contributed by atoms with van der Waals surface area (Å²) in [4.78, 5) is 30.9. The van der Waals surface area contributed by atoms with Gasteiger partial charge in [-0.15, -0.1) is 0 Å². The number of carbonyl (C=O) groups excluding carboxylic acids is 2. The van der Waals surface area contributed by atoms with Crippen molar-refractivity contribution in [2.45, 2.75) is 34.0 Å². The van der Waals surface area contributed by atoms with Crippen molar-refractivity contribution in [2.24, 2.45) is 11.5 Å². The first-order valence-corrected chi connectivity index (χ1v) is 9.62. The van der Waals surface area contributed by atoms with Gasteiger partial charge in [-0.1, -0.05) is 18.2 Å². The standard InChI is InChI=1S/C23H24N4O4/c1-13-7-18(20(24)28)9-26-22(13)30-11-16-5-4-6-17(15(16)3)12-31-23-14(2)8-19(10-27-23)21(25)29/h4-10H,11-12H2,1-3H3,(H2,24,28)(H2,25,29). The minimum Gasteiger partial charge on any atom is -0.473 e. The number of amides is 2. The molecule has 1 aromatic carbocycles. The third kappa shape index (κ3) is 5.16. The fraction of sp³-hybridized carbons (Fsp3) is 0.217. The molecule has 4 N–H and O–H groups in total. The first-order chi connectivity index (χ1) is 14.8. The lowest BCUT2D eigenvalue weighted by atomic mass is 10.0. The number of primary amides is 2. The highest BCUT2D eigenvalue weighted by Crippen LogP contribution is 2.22. The Kier molecular flexibility index (Phi) is 6.49. The second-order valence-electron chi connectivity index (χ2n) is 7.20. The van der Waals surface area contributed by atoms with Gasteiger partial charge in [-0.25, -0.2) is 9.97 Å². The predicted molar refractivity (Wildman–Crippen MR) is 115 cm³/mol. The molecule has 0 fully saturated rings. The Labute approximate surface area is 180 Å². The zero-order valence-electron chi connectivity index (χ0n) is 17.6. The lowest BCUT2D eigenvalue weighted by molar-refractivity contribution is 0.0991. The van der Waals surface area contributed by atoms with Crippen molar-refractivity contribution in [1.29, 1.82) is 0 Å². The fourth-order valence-electron chi connectivity index (χ4n) is 3.04. The monoisotopic (exact) mass is 420 g/mol. The van der Waals surface area contributed by atoms with Crippen LogP contribution in [0.1, 0.15) is 48.5 Å². The van der Waals surface area contributed by atoms with Gasteiger partial charge in [-0.2, -0.15) is 0 Å². The van der Waals surface area contributed by atoms with E-state index in [0.29, 0.717) is 36.1 Å². The van der Waals surface area contributed by atoms with Crippen molar-refractivity contribution >= 4 is 11.8 Å². The molecule has 2 heterocycles. The SMILES string of the molecule is Cc1cc(C(N)=O)cnc1OCc1cccc(COc2ncc(C(N)=O)cc2C)c1C. The Balaban J connectivity index is 1.69. The van der Waals surface area contributed by atoms with E-state index in [9.17, 15) is 9.59 Å². The number of carbonyl (C=O) groups is 2. The molecule has 3 rings (SSSR count). The number of aromatic nitrogens is 2. The molecular weight excluding hydrogens is 396 g/mol. The average Bonchev–Trinajstić information content (AvgIpc) is 2.73. The quantitative estimate of drug-likeness (QED) is 0.576. The number of hydrogen-bond acceptors (Lipinski definition) is 6. The van der Waals surface area contributed by atoms with Crippen LogP contribution in [0.3, 0.4) is 0 Å². The van der Waals surface area contributed by atoms with Crippen LogP contribution in [0.25, 0.3) is 0 Å². The maximum Gasteiger partial charge on any atom is 0.250 e. The van der Waals surface area contributed by atoms with Crippen LogP contribution in [-0.4, -0.2) is 21.8 Å². The summed E-state index contributed by atoms with van der Waals surface area (Å²) in [7, 11) is 0. The first-order valence-electron chi connectivity index (χ1n) is 9.62. The molecule has 8 nitrogen and oxygen atoms in total. The van der Waals surface area contributed by atoms with Gasteiger partial charge in [-0.05, 0) is 49.6 Å². The van der Waals surface area contributed by atoms with Crippen molar-refractivity contribution in [3.63, 3.8) is 0 Å². The molecule has 0 aliphatic rings. The van der Waals surface area contributed by atoms with Crippen molar-refractivity contribution in [2.75, 3.05) is 0 Å². The summed E-state index contributed by atoms with van der Waals surface area (Å²) < 4.78 is 11.7. The van der Waals surface area contributed by atoms with Crippen molar-refractivity contribution < 1.29 is 19.1 Å². The van der Waals surface area contributed by atoms with Crippen molar-refractivity contribution in [3.05, 3.63) is 81.7 Å². The second kappa shape index (κ2) is 9.25. The van der Waals surface area contributed by atoms with E-state index in [0.717, 1.165) is 27.8 Å². The maximum absolute atomic E-state index is 11.3.